The first kappa shape index (κ1) is 8.28. The van der Waals surface area contributed by atoms with Crippen LogP contribution in [0.25, 0.3) is 0 Å². The van der Waals surface area contributed by atoms with E-state index < -0.39 is 0 Å². The number of halogens is 1. The third kappa shape index (κ3) is 2.84. The van der Waals surface area contributed by atoms with Crippen LogP contribution in [-0.4, -0.2) is 11.2 Å². The molecule has 2 atom stereocenters. The summed E-state index contributed by atoms with van der Waals surface area (Å²) >= 11 is 3.21. The molecule has 1 fully saturated rings. The Morgan fingerprint density at radius 3 is 2.80 bits per heavy atom. The summed E-state index contributed by atoms with van der Waals surface area (Å²) in [6.07, 6.45) is 6.72. The van der Waals surface area contributed by atoms with Crippen LogP contribution >= 0.6 is 15.9 Å². The largest absolute Gasteiger partial charge is 0.393 e. The smallest absolute Gasteiger partial charge is 0.0573 e. The second-order valence-corrected chi connectivity index (χ2v) is 3.38. The van der Waals surface area contributed by atoms with E-state index in [1.54, 1.807) is 0 Å². The van der Waals surface area contributed by atoms with E-state index in [4.69, 9.17) is 5.11 Å². The molecule has 1 aliphatic rings. The Hall–Kier alpha value is 0.180. The molecular weight excluding hydrogens is 192 g/mol. The molecule has 0 aromatic carbocycles. The number of aliphatic hydroxyl groups excluding tert-OH is 1. The normalized spacial score (nSPS) is 31.4. The van der Waals surface area contributed by atoms with E-state index >= 15 is 0 Å². The van der Waals surface area contributed by atoms with Crippen molar-refractivity contribution in [3.05, 3.63) is 11.1 Å². The average molecular weight is 205 g/mol. The van der Waals surface area contributed by atoms with Gasteiger partial charge in [-0.25, -0.2) is 0 Å². The van der Waals surface area contributed by atoms with E-state index in [0.717, 1.165) is 12.8 Å². The van der Waals surface area contributed by atoms with Crippen LogP contribution in [0.5, 0.6) is 0 Å². The fraction of sp³-hybridized carbons (Fsp3) is 0.750. The summed E-state index contributed by atoms with van der Waals surface area (Å²) in [5.41, 5.74) is 0. The zero-order valence-electron chi connectivity index (χ0n) is 5.96. The highest BCUT2D eigenvalue weighted by Crippen LogP contribution is 2.34. The second kappa shape index (κ2) is 4.14. The molecule has 0 spiro atoms. The Bertz CT molecular complexity index is 122. The van der Waals surface area contributed by atoms with Crippen molar-refractivity contribution in [2.45, 2.75) is 31.8 Å². The maximum Gasteiger partial charge on any atom is 0.0573 e. The number of hydrogen-bond acceptors (Lipinski definition) is 1. The van der Waals surface area contributed by atoms with Crippen molar-refractivity contribution >= 4 is 15.9 Å². The monoisotopic (exact) mass is 204 g/mol. The van der Waals surface area contributed by atoms with Gasteiger partial charge in [-0.15, -0.1) is 0 Å². The summed E-state index contributed by atoms with van der Waals surface area (Å²) in [6, 6.07) is 0. The lowest BCUT2D eigenvalue weighted by molar-refractivity contribution is 0.256. The maximum atomic E-state index is 8.96. The summed E-state index contributed by atoms with van der Waals surface area (Å²) in [4.78, 5) is 1.90. The fourth-order valence-electron chi connectivity index (χ4n) is 1.10. The number of hydrogen-bond donors (Lipinski definition) is 1. The van der Waals surface area contributed by atoms with Gasteiger partial charge >= 0.3 is 0 Å². The quantitative estimate of drug-likeness (QED) is 0.699. The number of aliphatic hydroxyl groups is 1. The lowest BCUT2D eigenvalue weighted by atomic mass is 10.2. The van der Waals surface area contributed by atoms with Gasteiger partial charge in [-0.05, 0) is 36.6 Å². The molecule has 0 aromatic rings. The summed E-state index contributed by atoms with van der Waals surface area (Å²) in [5, 5.41) is 8.96. The topological polar surface area (TPSA) is 20.2 Å². The molecule has 0 saturated heterocycles. The summed E-state index contributed by atoms with van der Waals surface area (Å²) in [5.74, 6) is 0.628. The van der Waals surface area contributed by atoms with Gasteiger partial charge in [0.25, 0.3) is 0 Å². The maximum absolute atomic E-state index is 8.96. The van der Waals surface area contributed by atoms with Gasteiger partial charge in [-0.3, -0.25) is 0 Å². The Morgan fingerprint density at radius 2 is 2.30 bits per heavy atom. The van der Waals surface area contributed by atoms with Crippen LogP contribution < -0.4 is 0 Å². The summed E-state index contributed by atoms with van der Waals surface area (Å²) in [7, 11) is 0. The van der Waals surface area contributed by atoms with Crippen LogP contribution in [0.15, 0.2) is 11.1 Å². The second-order valence-electron chi connectivity index (χ2n) is 2.86. The highest BCUT2D eigenvalue weighted by atomic mass is 79.9. The fourth-order valence-corrected chi connectivity index (χ4v) is 1.37. The Labute approximate surface area is 70.3 Å². The molecule has 1 aliphatic carbocycles. The molecule has 2 heteroatoms. The van der Waals surface area contributed by atoms with Crippen LogP contribution in [0.3, 0.4) is 0 Å². The number of rotatable bonds is 4. The molecule has 1 N–H and O–H groups in total. The van der Waals surface area contributed by atoms with Gasteiger partial charge in [-0.1, -0.05) is 22.0 Å². The van der Waals surface area contributed by atoms with Gasteiger partial charge in [-0.2, -0.15) is 0 Å². The van der Waals surface area contributed by atoms with E-state index in [2.05, 4.69) is 22.0 Å². The van der Waals surface area contributed by atoms with Crippen LogP contribution in [0, 0.1) is 5.92 Å². The molecule has 10 heavy (non-hydrogen) atoms. The molecule has 0 amide bonds. The minimum absolute atomic E-state index is 0.0351. The van der Waals surface area contributed by atoms with E-state index in [-0.39, 0.29) is 6.10 Å². The molecule has 1 rings (SSSR count). The zero-order valence-corrected chi connectivity index (χ0v) is 7.55. The van der Waals surface area contributed by atoms with Crippen molar-refractivity contribution in [2.75, 3.05) is 0 Å². The van der Waals surface area contributed by atoms with Gasteiger partial charge in [0.05, 0.1) is 6.10 Å². The SMILES string of the molecule is O[C@@H]1C[C@H]1CCC/C=C/Br. The van der Waals surface area contributed by atoms with Gasteiger partial charge < -0.3 is 5.11 Å². The highest BCUT2D eigenvalue weighted by Gasteiger charge is 2.33. The van der Waals surface area contributed by atoms with Crippen molar-refractivity contribution in [1.29, 1.82) is 0 Å². The Balaban J connectivity index is 1.87. The third-order valence-electron chi connectivity index (χ3n) is 1.92. The zero-order chi connectivity index (χ0) is 7.40. The molecule has 0 aromatic heterocycles. The first-order valence-electron chi connectivity index (χ1n) is 3.78. The van der Waals surface area contributed by atoms with Crippen LogP contribution in [0.1, 0.15) is 25.7 Å². The molecule has 58 valence electrons. The Kier molecular flexibility index (Phi) is 3.43. The molecular formula is C8H13BrO. The lowest BCUT2D eigenvalue weighted by Gasteiger charge is -1.92. The van der Waals surface area contributed by atoms with Crippen LogP contribution in [0.4, 0.5) is 0 Å². The van der Waals surface area contributed by atoms with E-state index in [1.807, 2.05) is 4.99 Å². The van der Waals surface area contributed by atoms with Crippen molar-refractivity contribution in [2.24, 2.45) is 5.92 Å². The highest BCUT2D eigenvalue weighted by molar-refractivity contribution is 9.11. The predicted octanol–water partition coefficient (Wildman–Crippen LogP) is 2.45. The minimum atomic E-state index is 0.0351. The third-order valence-corrected chi connectivity index (χ3v) is 2.29. The van der Waals surface area contributed by atoms with Crippen molar-refractivity contribution in [3.8, 4) is 0 Å². The summed E-state index contributed by atoms with van der Waals surface area (Å²) < 4.78 is 0. The number of allylic oxidation sites excluding steroid dienone is 1. The van der Waals surface area contributed by atoms with E-state index in [0.29, 0.717) is 5.92 Å². The van der Waals surface area contributed by atoms with Crippen LogP contribution in [0.2, 0.25) is 0 Å². The van der Waals surface area contributed by atoms with Crippen molar-refractivity contribution in [1.82, 2.24) is 0 Å². The van der Waals surface area contributed by atoms with E-state index in [9.17, 15) is 0 Å². The average Bonchev–Trinajstić information content (AvgIpc) is 2.60. The summed E-state index contributed by atoms with van der Waals surface area (Å²) in [6.45, 7) is 0. The van der Waals surface area contributed by atoms with Gasteiger partial charge in [0, 0.05) is 0 Å². The molecule has 0 unspecified atom stereocenters. The lowest BCUT2D eigenvalue weighted by Crippen LogP contribution is -1.84. The van der Waals surface area contributed by atoms with Gasteiger partial charge in [0.15, 0.2) is 0 Å². The first-order chi connectivity index (χ1) is 4.84. The molecule has 0 aliphatic heterocycles. The molecule has 0 heterocycles. The number of unbranched alkanes of at least 4 members (excludes halogenated alkanes) is 1. The van der Waals surface area contributed by atoms with Crippen molar-refractivity contribution < 1.29 is 5.11 Å². The van der Waals surface area contributed by atoms with Gasteiger partial charge in [0.1, 0.15) is 0 Å². The molecule has 0 bridgehead atoms. The molecule has 1 nitrogen and oxygen atoms in total. The minimum Gasteiger partial charge on any atom is -0.393 e. The predicted molar refractivity (Wildman–Crippen MR) is 46.0 cm³/mol. The van der Waals surface area contributed by atoms with Crippen molar-refractivity contribution in [3.63, 3.8) is 0 Å². The van der Waals surface area contributed by atoms with Gasteiger partial charge in [0.2, 0.25) is 0 Å². The standard InChI is InChI=1S/C8H13BrO/c9-5-3-1-2-4-7-6-8(7)10/h3,5,7-8,10H,1-2,4,6H2/b5-3+/t7-,8-/m1/s1. The van der Waals surface area contributed by atoms with Crippen LogP contribution in [-0.2, 0) is 0 Å². The first-order valence-corrected chi connectivity index (χ1v) is 4.69. The molecule has 1 saturated carbocycles. The van der Waals surface area contributed by atoms with E-state index in [1.165, 1.54) is 12.8 Å². The molecule has 0 radical (unpaired) electrons. The Morgan fingerprint density at radius 1 is 1.60 bits per heavy atom.